The van der Waals surface area contributed by atoms with Gasteiger partial charge in [0.15, 0.2) is 22.0 Å². The first-order valence-electron chi connectivity index (χ1n) is 8.47. The Hall–Kier alpha value is -2.62. The van der Waals surface area contributed by atoms with Crippen LogP contribution < -0.4 is 5.76 Å². The van der Waals surface area contributed by atoms with Gasteiger partial charge in [-0.25, -0.2) is 13.2 Å². The van der Waals surface area contributed by atoms with Crippen LogP contribution in [0, 0.1) is 0 Å². The number of ether oxygens (including phenoxy) is 1. The van der Waals surface area contributed by atoms with E-state index in [4.69, 9.17) is 9.15 Å². The summed E-state index contributed by atoms with van der Waals surface area (Å²) in [5.74, 6) is -1.67. The van der Waals surface area contributed by atoms with Crippen LogP contribution in [0.2, 0.25) is 0 Å². The van der Waals surface area contributed by atoms with Gasteiger partial charge in [0.05, 0.1) is 23.4 Å². The molecule has 2 heterocycles. The fourth-order valence-electron chi connectivity index (χ4n) is 3.03. The molecule has 1 saturated heterocycles. The number of esters is 1. The number of benzene rings is 1. The average Bonchev–Trinajstić information content (AvgIpc) is 3.15. The van der Waals surface area contributed by atoms with Gasteiger partial charge in [-0.2, -0.15) is 0 Å². The number of carbonyl (C=O) groups excluding carboxylic acids is 2. The molecule has 1 aliphatic heterocycles. The second-order valence-electron chi connectivity index (χ2n) is 6.46. The largest absolute Gasteiger partial charge is 0.456 e. The van der Waals surface area contributed by atoms with E-state index in [2.05, 4.69) is 0 Å². The van der Waals surface area contributed by atoms with Crippen LogP contribution in [-0.2, 0) is 30.7 Å². The van der Waals surface area contributed by atoms with Crippen molar-refractivity contribution in [1.29, 1.82) is 0 Å². The maximum atomic E-state index is 12.1. The summed E-state index contributed by atoms with van der Waals surface area (Å²) in [6.07, 6.45) is 0.285. The zero-order valence-corrected chi connectivity index (χ0v) is 15.6. The quantitative estimate of drug-likeness (QED) is 0.639. The van der Waals surface area contributed by atoms with Crippen molar-refractivity contribution in [3.63, 3.8) is 0 Å². The molecule has 27 heavy (non-hydrogen) atoms. The van der Waals surface area contributed by atoms with Crippen LogP contribution >= 0.6 is 0 Å². The van der Waals surface area contributed by atoms with Gasteiger partial charge in [-0.3, -0.25) is 14.2 Å². The van der Waals surface area contributed by atoms with Gasteiger partial charge in [0, 0.05) is 19.6 Å². The van der Waals surface area contributed by atoms with Gasteiger partial charge < -0.3 is 14.1 Å². The molecule has 9 nitrogen and oxygen atoms in total. The monoisotopic (exact) mass is 396 g/mol. The number of aryl methyl sites for hydroxylation is 1. The first-order chi connectivity index (χ1) is 12.8. The summed E-state index contributed by atoms with van der Waals surface area (Å²) in [7, 11) is -1.61. The minimum atomic E-state index is -3.10. The molecule has 2 aromatic rings. The molecule has 1 fully saturated rings. The van der Waals surface area contributed by atoms with Crippen molar-refractivity contribution in [1.82, 2.24) is 9.47 Å². The van der Waals surface area contributed by atoms with Crippen molar-refractivity contribution in [3.05, 3.63) is 34.8 Å². The first kappa shape index (κ1) is 19.2. The molecular weight excluding hydrogens is 376 g/mol. The maximum Gasteiger partial charge on any atom is 0.419 e. The van der Waals surface area contributed by atoms with Crippen molar-refractivity contribution in [2.75, 3.05) is 25.2 Å². The lowest BCUT2D eigenvalue weighted by Crippen LogP contribution is -2.40. The van der Waals surface area contributed by atoms with Gasteiger partial charge in [0.1, 0.15) is 0 Å². The number of para-hydroxylation sites is 2. The lowest BCUT2D eigenvalue weighted by Gasteiger charge is -2.23. The predicted octanol–water partition coefficient (Wildman–Crippen LogP) is 0.173. The van der Waals surface area contributed by atoms with Crippen LogP contribution in [-0.4, -0.2) is 61.0 Å². The van der Waals surface area contributed by atoms with Gasteiger partial charge in [0.2, 0.25) is 0 Å². The number of rotatable bonds is 6. The van der Waals surface area contributed by atoms with Crippen molar-refractivity contribution >= 4 is 32.8 Å². The van der Waals surface area contributed by atoms with E-state index in [1.54, 1.807) is 24.3 Å². The van der Waals surface area contributed by atoms with Crippen LogP contribution in [0.1, 0.15) is 12.8 Å². The van der Waals surface area contributed by atoms with Gasteiger partial charge >= 0.3 is 11.7 Å². The number of oxazole rings is 1. The summed E-state index contributed by atoms with van der Waals surface area (Å²) < 4.78 is 34.4. The van der Waals surface area contributed by atoms with E-state index in [1.165, 1.54) is 16.5 Å². The highest BCUT2D eigenvalue weighted by molar-refractivity contribution is 7.91. The third-order valence-electron chi connectivity index (χ3n) is 4.62. The minimum absolute atomic E-state index is 0.0580. The van der Waals surface area contributed by atoms with E-state index in [0.29, 0.717) is 17.5 Å². The number of fused-ring (bicyclic) bond motifs is 1. The number of hydrogen-bond donors (Lipinski definition) is 0. The highest BCUT2D eigenvalue weighted by atomic mass is 32.2. The number of carbonyl (C=O) groups is 2. The summed E-state index contributed by atoms with van der Waals surface area (Å²) in [6, 6.07) is 6.46. The summed E-state index contributed by atoms with van der Waals surface area (Å²) in [5, 5.41) is 0. The summed E-state index contributed by atoms with van der Waals surface area (Å²) in [4.78, 5) is 37.1. The molecule has 10 heteroatoms. The maximum absolute atomic E-state index is 12.1. The van der Waals surface area contributed by atoms with E-state index in [-0.39, 0.29) is 24.5 Å². The fraction of sp³-hybridized carbons (Fsp3) is 0.471. The molecule has 0 N–H and O–H groups in total. The molecule has 0 radical (unpaired) electrons. The van der Waals surface area contributed by atoms with E-state index in [0.717, 1.165) is 0 Å². The van der Waals surface area contributed by atoms with Crippen molar-refractivity contribution in [3.8, 4) is 0 Å². The first-order valence-corrected chi connectivity index (χ1v) is 10.3. The molecule has 3 rings (SSSR count). The molecule has 146 valence electrons. The van der Waals surface area contributed by atoms with E-state index < -0.39 is 40.1 Å². The molecule has 0 spiro atoms. The molecule has 0 unspecified atom stereocenters. The SMILES string of the molecule is CN(C(=O)COC(=O)CCn1c(=O)oc2ccccc21)[C@H]1CCS(=O)(=O)C1. The molecule has 1 atom stereocenters. The Labute approximate surface area is 155 Å². The number of nitrogens with zero attached hydrogens (tertiary/aromatic N) is 2. The van der Waals surface area contributed by atoms with E-state index >= 15 is 0 Å². The zero-order valence-electron chi connectivity index (χ0n) is 14.8. The number of likely N-dealkylation sites (N-methyl/N-ethyl adjacent to an activating group) is 1. The van der Waals surface area contributed by atoms with Crippen molar-refractivity contribution in [2.45, 2.75) is 25.4 Å². The molecule has 0 aliphatic carbocycles. The third-order valence-corrected chi connectivity index (χ3v) is 6.37. The Morgan fingerprint density at radius 1 is 1.33 bits per heavy atom. The van der Waals surface area contributed by atoms with Gasteiger partial charge in [-0.15, -0.1) is 0 Å². The summed E-state index contributed by atoms with van der Waals surface area (Å²) >= 11 is 0. The molecule has 0 saturated carbocycles. The summed E-state index contributed by atoms with van der Waals surface area (Å²) in [6.45, 7) is -0.396. The molecular formula is C17H20N2O7S. The number of aromatic nitrogens is 1. The molecule has 1 amide bonds. The molecule has 1 aromatic heterocycles. The Morgan fingerprint density at radius 3 is 2.78 bits per heavy atom. The lowest BCUT2D eigenvalue weighted by molar-refractivity contribution is -0.152. The number of hydrogen-bond acceptors (Lipinski definition) is 7. The third kappa shape index (κ3) is 4.38. The van der Waals surface area contributed by atoms with Crippen LogP contribution in [0.3, 0.4) is 0 Å². The molecule has 0 bridgehead atoms. The highest BCUT2D eigenvalue weighted by Gasteiger charge is 2.32. The Balaban J connectivity index is 1.50. The summed E-state index contributed by atoms with van der Waals surface area (Å²) in [5.41, 5.74) is 1.01. The van der Waals surface area contributed by atoms with Crippen LogP contribution in [0.25, 0.3) is 11.1 Å². The lowest BCUT2D eigenvalue weighted by atomic mass is 10.2. The highest BCUT2D eigenvalue weighted by Crippen LogP contribution is 2.16. The Morgan fingerprint density at radius 2 is 2.07 bits per heavy atom. The van der Waals surface area contributed by atoms with E-state index in [9.17, 15) is 22.8 Å². The van der Waals surface area contributed by atoms with Gasteiger partial charge in [-0.1, -0.05) is 12.1 Å². The van der Waals surface area contributed by atoms with Crippen LogP contribution in [0.5, 0.6) is 0 Å². The number of sulfone groups is 1. The predicted molar refractivity (Wildman–Crippen MR) is 95.9 cm³/mol. The number of amides is 1. The Kier molecular flexibility index (Phi) is 5.36. The average molecular weight is 396 g/mol. The molecule has 1 aromatic carbocycles. The van der Waals surface area contributed by atoms with Crippen molar-refractivity contribution < 1.29 is 27.2 Å². The second-order valence-corrected chi connectivity index (χ2v) is 8.69. The van der Waals surface area contributed by atoms with Crippen molar-refractivity contribution in [2.24, 2.45) is 0 Å². The fourth-order valence-corrected chi connectivity index (χ4v) is 4.80. The minimum Gasteiger partial charge on any atom is -0.456 e. The smallest absolute Gasteiger partial charge is 0.419 e. The Bertz CT molecular complexity index is 1020. The van der Waals surface area contributed by atoms with Crippen LogP contribution in [0.4, 0.5) is 0 Å². The second kappa shape index (κ2) is 7.55. The van der Waals surface area contributed by atoms with Gasteiger partial charge in [0.25, 0.3) is 5.91 Å². The van der Waals surface area contributed by atoms with E-state index in [1.807, 2.05) is 0 Å². The van der Waals surface area contributed by atoms with Crippen LogP contribution in [0.15, 0.2) is 33.5 Å². The standard InChI is InChI=1S/C17H20N2O7S/c1-18(12-7-9-27(23,24)11-12)15(20)10-25-16(21)6-8-19-13-4-2-3-5-14(13)26-17(19)22/h2-5,12H,6-11H2,1H3/t12-/m0/s1. The molecule has 1 aliphatic rings. The van der Waals surface area contributed by atoms with Gasteiger partial charge in [-0.05, 0) is 18.6 Å². The zero-order chi connectivity index (χ0) is 19.6. The topological polar surface area (TPSA) is 116 Å². The normalized spacial score (nSPS) is 18.5.